The lowest BCUT2D eigenvalue weighted by Crippen LogP contribution is -2.43. The number of nitrogens with one attached hydrogen (secondary N) is 1. The average molecular weight is 298 g/mol. The van der Waals surface area contributed by atoms with Crippen molar-refractivity contribution in [1.82, 2.24) is 5.32 Å². The van der Waals surface area contributed by atoms with E-state index in [1.807, 2.05) is 12.1 Å². The number of aromatic hydroxyl groups is 1. The van der Waals surface area contributed by atoms with Crippen LogP contribution in [-0.2, 0) is 6.54 Å². The van der Waals surface area contributed by atoms with Crippen molar-refractivity contribution in [3.63, 3.8) is 0 Å². The predicted octanol–water partition coefficient (Wildman–Crippen LogP) is 3.97. The Balaban J connectivity index is 1.94. The molecule has 2 N–H and O–H groups in total. The van der Waals surface area contributed by atoms with Gasteiger partial charge < -0.3 is 10.4 Å². The lowest BCUT2D eigenvalue weighted by atomic mass is 9.83. The van der Waals surface area contributed by atoms with E-state index >= 15 is 0 Å². The van der Waals surface area contributed by atoms with Crippen LogP contribution >= 0.6 is 15.9 Å². The van der Waals surface area contributed by atoms with Crippen LogP contribution in [0.3, 0.4) is 0 Å². The molecule has 0 radical (unpaired) electrons. The van der Waals surface area contributed by atoms with Crippen molar-refractivity contribution >= 4 is 15.9 Å². The largest absolute Gasteiger partial charge is 0.507 e. The number of hydrogen-bond acceptors (Lipinski definition) is 2. The maximum absolute atomic E-state index is 9.44. The van der Waals surface area contributed by atoms with Crippen LogP contribution in [0.2, 0.25) is 0 Å². The van der Waals surface area contributed by atoms with Gasteiger partial charge in [0, 0.05) is 12.1 Å². The molecular weight excluding hydrogens is 278 g/mol. The fourth-order valence-electron chi connectivity index (χ4n) is 2.48. The zero-order valence-corrected chi connectivity index (χ0v) is 11.9. The molecule has 1 aromatic rings. The zero-order valence-electron chi connectivity index (χ0n) is 10.3. The van der Waals surface area contributed by atoms with Crippen molar-refractivity contribution in [3.05, 3.63) is 28.2 Å². The van der Waals surface area contributed by atoms with Gasteiger partial charge in [-0.1, -0.05) is 25.3 Å². The van der Waals surface area contributed by atoms with Gasteiger partial charge in [0.25, 0.3) is 0 Å². The van der Waals surface area contributed by atoms with Crippen LogP contribution in [0.4, 0.5) is 0 Å². The molecule has 0 aliphatic heterocycles. The van der Waals surface area contributed by atoms with Crippen LogP contribution in [-0.4, -0.2) is 10.6 Å². The summed E-state index contributed by atoms with van der Waals surface area (Å²) >= 11 is 3.35. The highest BCUT2D eigenvalue weighted by Gasteiger charge is 2.25. The molecule has 0 heterocycles. The molecule has 0 spiro atoms. The molecule has 1 saturated carbocycles. The lowest BCUT2D eigenvalue weighted by molar-refractivity contribution is 0.252. The lowest BCUT2D eigenvalue weighted by Gasteiger charge is -2.34. The first-order chi connectivity index (χ1) is 8.09. The van der Waals surface area contributed by atoms with Crippen molar-refractivity contribution < 1.29 is 5.11 Å². The van der Waals surface area contributed by atoms with E-state index in [4.69, 9.17) is 0 Å². The minimum absolute atomic E-state index is 0.294. The summed E-state index contributed by atoms with van der Waals surface area (Å²) in [5.41, 5.74) is 1.50. The summed E-state index contributed by atoms with van der Waals surface area (Å²) in [4.78, 5) is 0. The van der Waals surface area contributed by atoms with Gasteiger partial charge in [-0.25, -0.2) is 0 Å². The summed E-state index contributed by atoms with van der Waals surface area (Å²) in [7, 11) is 0. The Labute approximate surface area is 112 Å². The van der Waals surface area contributed by atoms with Crippen LogP contribution in [0.25, 0.3) is 0 Å². The van der Waals surface area contributed by atoms with Gasteiger partial charge in [-0.05, 0) is 53.4 Å². The van der Waals surface area contributed by atoms with Gasteiger partial charge in [0.15, 0.2) is 0 Å². The number of benzene rings is 1. The van der Waals surface area contributed by atoms with Gasteiger partial charge in [-0.3, -0.25) is 0 Å². The molecule has 1 fully saturated rings. The molecule has 17 heavy (non-hydrogen) atoms. The summed E-state index contributed by atoms with van der Waals surface area (Å²) in [5.74, 6) is 0.303. The first kappa shape index (κ1) is 12.9. The van der Waals surface area contributed by atoms with Gasteiger partial charge in [-0.2, -0.15) is 0 Å². The second-order valence-electron chi connectivity index (χ2n) is 5.26. The van der Waals surface area contributed by atoms with Gasteiger partial charge in [0.05, 0.1) is 4.47 Å². The Kier molecular flexibility index (Phi) is 4.10. The van der Waals surface area contributed by atoms with Crippen molar-refractivity contribution in [2.24, 2.45) is 0 Å². The fraction of sp³-hybridized carbons (Fsp3) is 0.571. The van der Waals surface area contributed by atoms with E-state index in [1.165, 1.54) is 37.7 Å². The van der Waals surface area contributed by atoms with Crippen molar-refractivity contribution in [2.75, 3.05) is 0 Å². The molecule has 94 valence electrons. The van der Waals surface area contributed by atoms with Crippen LogP contribution in [0.1, 0.15) is 44.6 Å². The van der Waals surface area contributed by atoms with Crippen molar-refractivity contribution in [1.29, 1.82) is 0 Å². The van der Waals surface area contributed by atoms with E-state index in [2.05, 4.69) is 28.2 Å². The van der Waals surface area contributed by atoms with E-state index in [1.54, 1.807) is 6.07 Å². The highest BCUT2D eigenvalue weighted by atomic mass is 79.9. The first-order valence-electron chi connectivity index (χ1n) is 6.31. The molecule has 1 aromatic carbocycles. The van der Waals surface area contributed by atoms with Crippen molar-refractivity contribution in [2.45, 2.75) is 51.1 Å². The summed E-state index contributed by atoms with van der Waals surface area (Å²) in [5, 5.41) is 13.1. The standard InChI is InChI=1S/C14H20BrNO/c1-14(7-3-2-4-8-14)16-10-11-5-6-13(17)12(15)9-11/h5-6,9,16-17H,2-4,7-8,10H2,1H3. The summed E-state index contributed by atoms with van der Waals surface area (Å²) in [6.07, 6.45) is 6.59. The van der Waals surface area contributed by atoms with Crippen molar-refractivity contribution in [3.8, 4) is 5.75 Å². The molecular formula is C14H20BrNO. The maximum atomic E-state index is 9.44. The molecule has 0 amide bonds. The third-order valence-electron chi connectivity index (χ3n) is 3.69. The maximum Gasteiger partial charge on any atom is 0.129 e. The minimum Gasteiger partial charge on any atom is -0.507 e. The molecule has 0 aromatic heterocycles. The zero-order chi connectivity index (χ0) is 12.3. The molecule has 2 nitrogen and oxygen atoms in total. The van der Waals surface area contributed by atoms with Gasteiger partial charge in [0.2, 0.25) is 0 Å². The Morgan fingerprint density at radius 3 is 2.65 bits per heavy atom. The van der Waals surface area contributed by atoms with Crippen LogP contribution in [0.5, 0.6) is 5.75 Å². The normalized spacial score (nSPS) is 19.2. The molecule has 0 bridgehead atoms. The molecule has 0 saturated heterocycles. The monoisotopic (exact) mass is 297 g/mol. The van der Waals surface area contributed by atoms with E-state index in [0.29, 0.717) is 11.3 Å². The Bertz CT molecular complexity index is 386. The predicted molar refractivity (Wildman–Crippen MR) is 74.1 cm³/mol. The Hall–Kier alpha value is -0.540. The summed E-state index contributed by atoms with van der Waals surface area (Å²) in [6, 6.07) is 5.69. The highest BCUT2D eigenvalue weighted by molar-refractivity contribution is 9.10. The molecule has 2 rings (SSSR count). The van der Waals surface area contributed by atoms with E-state index < -0.39 is 0 Å². The SMILES string of the molecule is CC1(NCc2ccc(O)c(Br)c2)CCCCC1. The highest BCUT2D eigenvalue weighted by Crippen LogP contribution is 2.29. The van der Waals surface area contributed by atoms with Crippen LogP contribution in [0, 0.1) is 0 Å². The first-order valence-corrected chi connectivity index (χ1v) is 7.11. The van der Waals surface area contributed by atoms with E-state index in [-0.39, 0.29) is 0 Å². The van der Waals surface area contributed by atoms with Gasteiger partial charge in [-0.15, -0.1) is 0 Å². The second kappa shape index (κ2) is 5.40. The Morgan fingerprint density at radius 2 is 2.00 bits per heavy atom. The van der Waals surface area contributed by atoms with Crippen LogP contribution in [0.15, 0.2) is 22.7 Å². The third kappa shape index (κ3) is 3.46. The van der Waals surface area contributed by atoms with Crippen LogP contribution < -0.4 is 5.32 Å². The topological polar surface area (TPSA) is 32.3 Å². The number of phenolic OH excluding ortho intramolecular Hbond substituents is 1. The molecule has 0 unspecified atom stereocenters. The smallest absolute Gasteiger partial charge is 0.129 e. The molecule has 0 atom stereocenters. The van der Waals surface area contributed by atoms with Gasteiger partial charge in [0.1, 0.15) is 5.75 Å². The van der Waals surface area contributed by atoms with E-state index in [0.717, 1.165) is 11.0 Å². The molecule has 3 heteroatoms. The quantitative estimate of drug-likeness (QED) is 0.885. The average Bonchev–Trinajstić information content (AvgIpc) is 2.32. The number of halogens is 1. The third-order valence-corrected chi connectivity index (χ3v) is 4.32. The number of phenols is 1. The van der Waals surface area contributed by atoms with Gasteiger partial charge >= 0.3 is 0 Å². The molecule has 1 aliphatic rings. The number of hydrogen-bond donors (Lipinski definition) is 2. The minimum atomic E-state index is 0.294. The second-order valence-corrected chi connectivity index (χ2v) is 6.11. The fourth-order valence-corrected chi connectivity index (χ4v) is 2.91. The summed E-state index contributed by atoms with van der Waals surface area (Å²) in [6.45, 7) is 3.19. The Morgan fingerprint density at radius 1 is 1.29 bits per heavy atom. The van der Waals surface area contributed by atoms with E-state index in [9.17, 15) is 5.11 Å². The number of rotatable bonds is 3. The molecule has 1 aliphatic carbocycles. The summed E-state index contributed by atoms with van der Waals surface area (Å²) < 4.78 is 0.769.